The van der Waals surface area contributed by atoms with E-state index in [1.807, 2.05) is 102 Å². The van der Waals surface area contributed by atoms with Crippen LogP contribution in [0.2, 0.25) is 0 Å². The number of nitrogens with zero attached hydrogens (tertiary/aromatic N) is 1. The summed E-state index contributed by atoms with van der Waals surface area (Å²) in [7, 11) is 3.36. The van der Waals surface area contributed by atoms with Crippen molar-refractivity contribution in [3.8, 4) is 0 Å². The Morgan fingerprint density at radius 3 is 1.47 bits per heavy atom. The van der Waals surface area contributed by atoms with Crippen LogP contribution in [0, 0.1) is 5.92 Å². The fraction of sp³-hybridized carbons (Fsp3) is 0.395. The number of hydrogen-bond donors (Lipinski definition) is 3. The zero-order valence-electron chi connectivity index (χ0n) is 34.1. The van der Waals surface area contributed by atoms with Crippen molar-refractivity contribution < 1.29 is 60.2 Å². The van der Waals surface area contributed by atoms with E-state index in [-0.39, 0.29) is 29.1 Å². The van der Waals surface area contributed by atoms with Gasteiger partial charge in [-0.15, -0.1) is 0 Å². The zero-order valence-corrected chi connectivity index (χ0v) is 34.1. The number of hydrogen-bond acceptors (Lipinski definition) is 7. The number of carbonyl (C=O) groups is 6. The highest BCUT2D eigenvalue weighted by Gasteiger charge is 2.54. The lowest BCUT2D eigenvalue weighted by Crippen LogP contribution is -2.63. The lowest BCUT2D eigenvalue weighted by Gasteiger charge is -2.41. The lowest BCUT2D eigenvalue weighted by atomic mass is 9.74. The molecule has 3 aromatic rings. The van der Waals surface area contributed by atoms with Crippen molar-refractivity contribution in [2.45, 2.75) is 89.8 Å². The first kappa shape index (κ1) is 49.5. The normalized spacial score (nSPS) is 13.9. The molecule has 320 valence electrons. The Morgan fingerprint density at radius 2 is 1.07 bits per heavy atom. The van der Waals surface area contributed by atoms with Crippen molar-refractivity contribution >= 4 is 35.1 Å². The number of amides is 2. The number of Topliss-reactive ketones (excluding diaryl/α,β-unsaturated/α-hetero) is 2. The molecule has 59 heavy (non-hydrogen) atoms. The summed E-state index contributed by atoms with van der Waals surface area (Å²) in [6.45, 7) is 13.1. The van der Waals surface area contributed by atoms with Gasteiger partial charge in [0.2, 0.25) is 11.8 Å². The number of halogens is 6. The number of benzene rings is 3. The number of rotatable bonds is 15. The molecule has 0 radical (unpaired) electrons. The maximum absolute atomic E-state index is 14.5. The van der Waals surface area contributed by atoms with Gasteiger partial charge in [-0.25, -0.2) is 4.79 Å². The SMILES string of the molecule is CN[C@H](C(=O)N[C@H](C(=O)N(C)[C@H](/C=C(\C)C(=O)O)C(C)C)C(C)(C)c1ccc(C(=O)c2ccccc2)cc1)C(C)(C)c1ccccc1.O=C(C(=O)C(F)(F)F)C(F)(F)F. The van der Waals surface area contributed by atoms with Crippen molar-refractivity contribution in [1.82, 2.24) is 15.5 Å². The molecule has 3 N–H and O–H groups in total. The van der Waals surface area contributed by atoms with Gasteiger partial charge in [0.25, 0.3) is 0 Å². The maximum Gasteiger partial charge on any atom is 0.458 e. The van der Waals surface area contributed by atoms with Gasteiger partial charge in [0.1, 0.15) is 6.04 Å². The number of ketones is 3. The van der Waals surface area contributed by atoms with Gasteiger partial charge in [0.15, 0.2) is 5.78 Å². The molecule has 0 saturated carbocycles. The molecule has 0 aromatic heterocycles. The summed E-state index contributed by atoms with van der Waals surface area (Å²) in [5.41, 5.74) is 1.33. The smallest absolute Gasteiger partial charge is 0.458 e. The van der Waals surface area contributed by atoms with Gasteiger partial charge < -0.3 is 20.6 Å². The van der Waals surface area contributed by atoms with Crippen LogP contribution in [0.4, 0.5) is 26.3 Å². The van der Waals surface area contributed by atoms with Gasteiger partial charge in [0.05, 0.1) is 12.1 Å². The van der Waals surface area contributed by atoms with Gasteiger partial charge >= 0.3 is 29.9 Å². The van der Waals surface area contributed by atoms with Crippen LogP contribution in [0.15, 0.2) is 96.6 Å². The first-order chi connectivity index (χ1) is 27.1. The van der Waals surface area contributed by atoms with Gasteiger partial charge in [-0.2, -0.15) is 26.3 Å². The molecule has 0 spiro atoms. The summed E-state index contributed by atoms with van der Waals surface area (Å²) < 4.78 is 67.0. The molecule has 0 aliphatic carbocycles. The molecular formula is C43H49F6N3O7. The highest BCUT2D eigenvalue weighted by Crippen LogP contribution is 2.32. The number of nitrogens with one attached hydrogen (secondary N) is 2. The highest BCUT2D eigenvalue weighted by atomic mass is 19.4. The minimum Gasteiger partial charge on any atom is -0.478 e. The zero-order chi connectivity index (χ0) is 45.3. The fourth-order valence-corrected chi connectivity index (χ4v) is 6.29. The summed E-state index contributed by atoms with van der Waals surface area (Å²) in [6, 6.07) is 23.6. The number of likely N-dealkylation sites (N-methyl/N-ethyl adjacent to an activating group) is 2. The van der Waals surface area contributed by atoms with Crippen molar-refractivity contribution in [3.05, 3.63) is 119 Å². The molecule has 0 fully saturated rings. The lowest BCUT2D eigenvalue weighted by molar-refractivity contribution is -0.193. The minimum absolute atomic E-state index is 0.108. The average Bonchev–Trinajstić information content (AvgIpc) is 3.17. The van der Waals surface area contributed by atoms with Crippen LogP contribution < -0.4 is 10.6 Å². The Balaban J connectivity index is 0.000000863. The molecule has 0 bridgehead atoms. The monoisotopic (exact) mass is 833 g/mol. The molecular weight excluding hydrogens is 784 g/mol. The highest BCUT2D eigenvalue weighted by molar-refractivity contribution is 6.41. The van der Waals surface area contributed by atoms with Crippen LogP contribution in [0.3, 0.4) is 0 Å². The van der Waals surface area contributed by atoms with Crippen LogP contribution in [0.5, 0.6) is 0 Å². The maximum atomic E-state index is 14.5. The van der Waals surface area contributed by atoms with E-state index in [4.69, 9.17) is 0 Å². The fourth-order valence-electron chi connectivity index (χ4n) is 6.29. The topological polar surface area (TPSA) is 150 Å². The number of carboxylic acid groups (broad SMARTS) is 1. The van der Waals surface area contributed by atoms with Crippen molar-refractivity contribution in [3.63, 3.8) is 0 Å². The summed E-state index contributed by atoms with van der Waals surface area (Å²) in [5.74, 6) is -8.82. The van der Waals surface area contributed by atoms with Gasteiger partial charge in [-0.3, -0.25) is 24.0 Å². The molecule has 3 rings (SSSR count). The van der Waals surface area contributed by atoms with Gasteiger partial charge in [-0.05, 0) is 31.0 Å². The molecule has 0 saturated heterocycles. The summed E-state index contributed by atoms with van der Waals surface area (Å²) in [4.78, 5) is 74.3. The second-order valence-electron chi connectivity index (χ2n) is 15.2. The first-order valence-electron chi connectivity index (χ1n) is 18.2. The Morgan fingerprint density at radius 1 is 0.661 bits per heavy atom. The molecule has 3 aromatic carbocycles. The quantitative estimate of drug-likeness (QED) is 0.0641. The number of carbonyl (C=O) groups excluding carboxylic acids is 5. The first-order valence-corrected chi connectivity index (χ1v) is 18.2. The Kier molecular flexibility index (Phi) is 16.7. The van der Waals surface area contributed by atoms with Crippen LogP contribution in [0.1, 0.15) is 75.5 Å². The molecule has 0 heterocycles. The predicted octanol–water partition coefficient (Wildman–Crippen LogP) is 7.01. The average molecular weight is 834 g/mol. The van der Waals surface area contributed by atoms with Crippen molar-refractivity contribution in [1.29, 1.82) is 0 Å². The number of aliphatic carboxylic acids is 1. The van der Waals surface area contributed by atoms with E-state index in [2.05, 4.69) is 10.6 Å². The van der Waals surface area contributed by atoms with Gasteiger partial charge in [-0.1, -0.05) is 133 Å². The summed E-state index contributed by atoms with van der Waals surface area (Å²) >= 11 is 0. The predicted molar refractivity (Wildman–Crippen MR) is 209 cm³/mol. The largest absolute Gasteiger partial charge is 0.478 e. The van der Waals surface area contributed by atoms with E-state index in [0.29, 0.717) is 11.1 Å². The molecule has 0 aliphatic rings. The number of alkyl halides is 6. The third-order valence-corrected chi connectivity index (χ3v) is 9.93. The summed E-state index contributed by atoms with van der Waals surface area (Å²) in [6.07, 6.45) is -9.96. The Bertz CT molecular complexity index is 1970. The van der Waals surface area contributed by atoms with Gasteiger partial charge in [0, 0.05) is 34.6 Å². The molecule has 0 unspecified atom stereocenters. The Hall–Kier alpha value is -5.64. The molecule has 3 atom stereocenters. The van der Waals surface area contributed by atoms with Crippen molar-refractivity contribution in [2.24, 2.45) is 5.92 Å². The van der Waals surface area contributed by atoms with E-state index in [9.17, 15) is 60.2 Å². The standard InChI is InChI=1S/C39H49N3O5.C4F6O2/c1-25(2)31(24-26(3)37(46)47)42(9)36(45)34(41-35(44)33(40-8)38(4,5)29-18-14-11-15-19-29)39(6,7)30-22-20-28(21-23-30)32(43)27-16-12-10-13-17-27;5-3(6,7)1(11)2(12)4(8,9)10/h10-25,31,33-34,40H,1-9H3,(H,41,44)(H,46,47);/b26-24+;/t31-,33-,34-;/m1./s1. The van der Waals surface area contributed by atoms with E-state index >= 15 is 0 Å². The summed E-state index contributed by atoms with van der Waals surface area (Å²) in [5, 5.41) is 15.8. The molecule has 0 aliphatic heterocycles. The third-order valence-electron chi connectivity index (χ3n) is 9.93. The second-order valence-corrected chi connectivity index (χ2v) is 15.2. The molecule has 2 amide bonds. The van der Waals surface area contributed by atoms with E-state index in [0.717, 1.165) is 11.1 Å². The van der Waals surface area contributed by atoms with Crippen LogP contribution in [-0.2, 0) is 34.8 Å². The Labute approximate surface area is 339 Å². The molecule has 16 heteroatoms. The van der Waals surface area contributed by atoms with E-state index in [1.54, 1.807) is 44.4 Å². The second kappa shape index (κ2) is 19.9. The van der Waals surface area contributed by atoms with E-state index < -0.39 is 58.8 Å². The van der Waals surface area contributed by atoms with Crippen LogP contribution in [0.25, 0.3) is 0 Å². The van der Waals surface area contributed by atoms with E-state index in [1.165, 1.54) is 11.8 Å². The minimum atomic E-state index is -5.77. The third kappa shape index (κ3) is 12.7. The molecule has 10 nitrogen and oxygen atoms in total. The van der Waals surface area contributed by atoms with Crippen LogP contribution >= 0.6 is 0 Å². The van der Waals surface area contributed by atoms with Crippen molar-refractivity contribution in [2.75, 3.05) is 14.1 Å². The number of carboxylic acids is 1. The van der Waals surface area contributed by atoms with Crippen LogP contribution in [-0.4, -0.2) is 89.7 Å².